The Balaban J connectivity index is 2.23. The van der Waals surface area contributed by atoms with Crippen molar-refractivity contribution in [3.8, 4) is 0 Å². The SMILES string of the molecule is COC(=O)c1cnc(NC2CCC(C)CC2C)c([N+](=O)[O-])c1. The highest BCUT2D eigenvalue weighted by Crippen LogP contribution is 2.32. The number of rotatable bonds is 4. The largest absolute Gasteiger partial charge is 0.465 e. The molecule has 1 saturated carbocycles. The molecule has 0 spiro atoms. The third-order valence-electron chi connectivity index (χ3n) is 4.24. The maximum absolute atomic E-state index is 11.5. The Kier molecular flexibility index (Phi) is 4.95. The molecule has 22 heavy (non-hydrogen) atoms. The molecule has 3 atom stereocenters. The number of nitro groups is 1. The third kappa shape index (κ3) is 3.52. The molecule has 0 saturated heterocycles. The zero-order valence-electron chi connectivity index (χ0n) is 13.0. The van der Waals surface area contributed by atoms with Gasteiger partial charge < -0.3 is 10.1 Å². The fourth-order valence-corrected chi connectivity index (χ4v) is 2.99. The fourth-order valence-electron chi connectivity index (χ4n) is 2.99. The van der Waals surface area contributed by atoms with Gasteiger partial charge in [-0.1, -0.05) is 13.8 Å². The minimum absolute atomic E-state index is 0.0741. The molecular formula is C15H21N3O4. The summed E-state index contributed by atoms with van der Waals surface area (Å²) in [6, 6.07) is 1.36. The molecule has 7 heteroatoms. The highest BCUT2D eigenvalue weighted by atomic mass is 16.6. The van der Waals surface area contributed by atoms with Crippen LogP contribution in [0.25, 0.3) is 0 Å². The first-order valence-corrected chi connectivity index (χ1v) is 7.41. The van der Waals surface area contributed by atoms with Gasteiger partial charge in [0.05, 0.1) is 17.6 Å². The molecule has 1 heterocycles. The van der Waals surface area contributed by atoms with Gasteiger partial charge in [0.1, 0.15) is 0 Å². The number of nitrogens with one attached hydrogen (secondary N) is 1. The minimum atomic E-state index is -0.637. The van der Waals surface area contributed by atoms with E-state index >= 15 is 0 Å². The summed E-state index contributed by atoms with van der Waals surface area (Å²) in [6.07, 6.45) is 4.44. The van der Waals surface area contributed by atoms with E-state index in [0.717, 1.165) is 19.3 Å². The van der Waals surface area contributed by atoms with Crippen LogP contribution < -0.4 is 5.32 Å². The van der Waals surface area contributed by atoms with Crippen LogP contribution in [0.5, 0.6) is 0 Å². The van der Waals surface area contributed by atoms with Crippen LogP contribution in [0.3, 0.4) is 0 Å². The van der Waals surface area contributed by atoms with Crippen molar-refractivity contribution < 1.29 is 14.5 Å². The lowest BCUT2D eigenvalue weighted by Crippen LogP contribution is -2.33. The maximum atomic E-state index is 11.5. The van der Waals surface area contributed by atoms with Gasteiger partial charge >= 0.3 is 11.7 Å². The first kappa shape index (κ1) is 16.2. The average molecular weight is 307 g/mol. The van der Waals surface area contributed by atoms with Crippen molar-refractivity contribution in [3.63, 3.8) is 0 Å². The number of methoxy groups -OCH3 is 1. The monoisotopic (exact) mass is 307 g/mol. The second-order valence-electron chi connectivity index (χ2n) is 5.99. The Morgan fingerprint density at radius 2 is 2.18 bits per heavy atom. The number of esters is 1. The van der Waals surface area contributed by atoms with Gasteiger partial charge in [0.15, 0.2) is 0 Å². The van der Waals surface area contributed by atoms with Crippen LogP contribution in [0.15, 0.2) is 12.3 Å². The number of carbonyl (C=O) groups excluding carboxylic acids is 1. The third-order valence-corrected chi connectivity index (χ3v) is 4.24. The molecule has 1 fully saturated rings. The molecule has 3 unspecified atom stereocenters. The van der Waals surface area contributed by atoms with Crippen LogP contribution in [0.1, 0.15) is 43.5 Å². The second-order valence-corrected chi connectivity index (χ2v) is 5.99. The van der Waals surface area contributed by atoms with Crippen LogP contribution in [0.4, 0.5) is 11.5 Å². The second kappa shape index (κ2) is 6.72. The summed E-state index contributed by atoms with van der Waals surface area (Å²) >= 11 is 0. The maximum Gasteiger partial charge on any atom is 0.339 e. The fraction of sp³-hybridized carbons (Fsp3) is 0.600. The molecule has 0 aromatic carbocycles. The van der Waals surface area contributed by atoms with Crippen LogP contribution in [0, 0.1) is 22.0 Å². The predicted octanol–water partition coefficient (Wildman–Crippen LogP) is 3.01. The van der Waals surface area contributed by atoms with Crippen molar-refractivity contribution in [2.45, 2.75) is 39.2 Å². The number of hydrogen-bond donors (Lipinski definition) is 1. The van der Waals surface area contributed by atoms with Gasteiger partial charge in [-0.2, -0.15) is 0 Å². The quantitative estimate of drug-likeness (QED) is 0.522. The molecule has 0 aliphatic heterocycles. The molecule has 2 rings (SSSR count). The molecule has 0 radical (unpaired) electrons. The molecule has 0 bridgehead atoms. The summed E-state index contributed by atoms with van der Waals surface area (Å²) in [5.41, 5.74) is -0.126. The lowest BCUT2D eigenvalue weighted by atomic mass is 9.80. The minimum Gasteiger partial charge on any atom is -0.465 e. The Morgan fingerprint density at radius 3 is 2.77 bits per heavy atom. The van der Waals surface area contributed by atoms with E-state index in [2.05, 4.69) is 28.9 Å². The number of carbonyl (C=O) groups is 1. The molecule has 0 amide bonds. The van der Waals surface area contributed by atoms with Crippen molar-refractivity contribution in [1.29, 1.82) is 0 Å². The van der Waals surface area contributed by atoms with E-state index in [9.17, 15) is 14.9 Å². The number of anilines is 1. The average Bonchev–Trinajstić information content (AvgIpc) is 2.49. The van der Waals surface area contributed by atoms with Crippen molar-refractivity contribution in [2.75, 3.05) is 12.4 Å². The molecule has 1 aliphatic carbocycles. The van der Waals surface area contributed by atoms with E-state index in [4.69, 9.17) is 0 Å². The van der Waals surface area contributed by atoms with E-state index in [0.29, 0.717) is 11.8 Å². The molecular weight excluding hydrogens is 286 g/mol. The summed E-state index contributed by atoms with van der Waals surface area (Å²) in [6.45, 7) is 4.36. The standard InChI is InChI=1S/C15H21N3O4/c1-9-4-5-12(10(2)6-9)17-14-13(18(20)21)7-11(8-16-14)15(19)22-3/h7-10,12H,4-6H2,1-3H3,(H,16,17). The number of hydrogen-bond acceptors (Lipinski definition) is 6. The van der Waals surface area contributed by atoms with Crippen molar-refractivity contribution in [3.05, 3.63) is 27.9 Å². The lowest BCUT2D eigenvalue weighted by Gasteiger charge is -2.33. The smallest absolute Gasteiger partial charge is 0.339 e. The summed E-state index contributed by atoms with van der Waals surface area (Å²) in [5, 5.41) is 14.4. The molecule has 1 aromatic heterocycles. The summed E-state index contributed by atoms with van der Waals surface area (Å²) in [4.78, 5) is 26.2. The lowest BCUT2D eigenvalue weighted by molar-refractivity contribution is -0.384. The Morgan fingerprint density at radius 1 is 1.45 bits per heavy atom. The van der Waals surface area contributed by atoms with E-state index in [1.54, 1.807) is 0 Å². The van der Waals surface area contributed by atoms with Crippen molar-refractivity contribution in [2.24, 2.45) is 11.8 Å². The van der Waals surface area contributed by atoms with Crippen molar-refractivity contribution >= 4 is 17.5 Å². The van der Waals surface area contributed by atoms with Gasteiger partial charge in [0.2, 0.25) is 5.82 Å². The molecule has 1 aromatic rings. The number of pyridine rings is 1. The summed E-state index contributed by atoms with van der Waals surface area (Å²) in [5.74, 6) is 0.675. The van der Waals surface area contributed by atoms with Crippen LogP contribution in [-0.2, 0) is 4.74 Å². The molecule has 1 aliphatic rings. The van der Waals surface area contributed by atoms with Crippen LogP contribution in [-0.4, -0.2) is 29.0 Å². The highest BCUT2D eigenvalue weighted by molar-refractivity contribution is 5.90. The summed E-state index contributed by atoms with van der Waals surface area (Å²) < 4.78 is 4.57. The molecule has 120 valence electrons. The first-order chi connectivity index (χ1) is 10.4. The predicted molar refractivity (Wildman–Crippen MR) is 81.8 cm³/mol. The molecule has 1 N–H and O–H groups in total. The first-order valence-electron chi connectivity index (χ1n) is 7.41. The Hall–Kier alpha value is -2.18. The van der Waals surface area contributed by atoms with Gasteiger partial charge in [-0.25, -0.2) is 9.78 Å². The van der Waals surface area contributed by atoms with Gasteiger partial charge in [-0.3, -0.25) is 10.1 Å². The zero-order valence-corrected chi connectivity index (χ0v) is 13.0. The van der Waals surface area contributed by atoms with Gasteiger partial charge in [-0.15, -0.1) is 0 Å². The van der Waals surface area contributed by atoms with E-state index < -0.39 is 10.9 Å². The van der Waals surface area contributed by atoms with Crippen LogP contribution >= 0.6 is 0 Å². The highest BCUT2D eigenvalue weighted by Gasteiger charge is 2.28. The topological polar surface area (TPSA) is 94.4 Å². The normalized spacial score (nSPS) is 24.6. The van der Waals surface area contributed by atoms with E-state index in [1.165, 1.54) is 19.4 Å². The van der Waals surface area contributed by atoms with Gasteiger partial charge in [0.25, 0.3) is 0 Å². The van der Waals surface area contributed by atoms with Gasteiger partial charge in [-0.05, 0) is 31.1 Å². The Labute approximate surface area is 129 Å². The molecule has 7 nitrogen and oxygen atoms in total. The van der Waals surface area contributed by atoms with E-state index in [-0.39, 0.29) is 23.1 Å². The Bertz CT molecular complexity index is 576. The number of aromatic nitrogens is 1. The summed E-state index contributed by atoms with van der Waals surface area (Å²) in [7, 11) is 1.23. The zero-order chi connectivity index (χ0) is 16.3. The number of ether oxygens (including phenoxy) is 1. The van der Waals surface area contributed by atoms with E-state index in [1.807, 2.05) is 0 Å². The van der Waals surface area contributed by atoms with Crippen LogP contribution in [0.2, 0.25) is 0 Å². The van der Waals surface area contributed by atoms with Gasteiger partial charge in [0, 0.05) is 18.3 Å². The van der Waals surface area contributed by atoms with Crippen molar-refractivity contribution in [1.82, 2.24) is 4.98 Å². The number of nitrogens with zero attached hydrogens (tertiary/aromatic N) is 2.